The van der Waals surface area contributed by atoms with E-state index >= 15 is 0 Å². The van der Waals surface area contributed by atoms with Gasteiger partial charge in [-0.1, -0.05) is 6.07 Å². The van der Waals surface area contributed by atoms with E-state index in [1.54, 1.807) is 0 Å². The minimum atomic E-state index is 0.350. The molecular formula is C20H28N6O. The lowest BCUT2D eigenvalue weighted by Gasteiger charge is -2.44. The molecule has 2 bridgehead atoms. The maximum Gasteiger partial charge on any atom is 0.318 e. The summed E-state index contributed by atoms with van der Waals surface area (Å²) in [6.45, 7) is 8.57. The Morgan fingerprint density at radius 2 is 2.07 bits per heavy atom. The van der Waals surface area contributed by atoms with Crippen LogP contribution < -0.4 is 15.8 Å². The summed E-state index contributed by atoms with van der Waals surface area (Å²) in [6, 6.07) is 4.69. The molecule has 3 fully saturated rings. The van der Waals surface area contributed by atoms with Crippen LogP contribution in [0.25, 0.3) is 0 Å². The van der Waals surface area contributed by atoms with Gasteiger partial charge in [0, 0.05) is 30.9 Å². The van der Waals surface area contributed by atoms with Crippen LogP contribution in [-0.2, 0) is 6.54 Å². The second kappa shape index (κ2) is 7.68. The molecular weight excluding hydrogens is 340 g/mol. The van der Waals surface area contributed by atoms with Crippen LogP contribution in [0.15, 0.2) is 18.3 Å². The first-order valence-corrected chi connectivity index (χ1v) is 9.82. The molecule has 1 atom stereocenters. The summed E-state index contributed by atoms with van der Waals surface area (Å²) in [5, 5.41) is 3.29. The van der Waals surface area contributed by atoms with Crippen molar-refractivity contribution in [3.05, 3.63) is 35.3 Å². The molecule has 27 heavy (non-hydrogen) atoms. The van der Waals surface area contributed by atoms with Gasteiger partial charge in [-0.05, 0) is 57.3 Å². The molecule has 2 aromatic rings. The van der Waals surface area contributed by atoms with Crippen molar-refractivity contribution in [3.8, 4) is 6.01 Å². The smallest absolute Gasteiger partial charge is 0.318 e. The summed E-state index contributed by atoms with van der Waals surface area (Å²) < 4.78 is 5.41. The number of hydrogen-bond donors (Lipinski definition) is 2. The third-order valence-electron chi connectivity index (χ3n) is 5.73. The van der Waals surface area contributed by atoms with Crippen molar-refractivity contribution < 1.29 is 4.74 Å². The van der Waals surface area contributed by atoms with Gasteiger partial charge >= 0.3 is 6.01 Å². The topological polar surface area (TPSA) is 89.2 Å². The third kappa shape index (κ3) is 3.83. The number of aryl methyl sites for hydroxylation is 1. The van der Waals surface area contributed by atoms with Crippen LogP contribution in [0.2, 0.25) is 0 Å². The van der Waals surface area contributed by atoms with Gasteiger partial charge < -0.3 is 20.7 Å². The molecule has 0 radical (unpaired) electrons. The van der Waals surface area contributed by atoms with Crippen molar-refractivity contribution in [3.63, 3.8) is 0 Å². The minimum absolute atomic E-state index is 0.350. The molecule has 0 amide bonds. The fraction of sp³-hybridized carbons (Fsp3) is 0.550. The van der Waals surface area contributed by atoms with Gasteiger partial charge in [0.2, 0.25) is 0 Å². The number of ether oxygens (including phenoxy) is 1. The van der Waals surface area contributed by atoms with Gasteiger partial charge in [0.15, 0.2) is 5.82 Å². The lowest BCUT2D eigenvalue weighted by molar-refractivity contribution is 0.0854. The molecule has 0 aliphatic carbocycles. The van der Waals surface area contributed by atoms with E-state index in [9.17, 15) is 0 Å². The summed E-state index contributed by atoms with van der Waals surface area (Å²) in [7, 11) is 0. The van der Waals surface area contributed by atoms with Crippen LogP contribution in [0.4, 0.5) is 11.5 Å². The maximum atomic E-state index is 6.10. The molecule has 0 saturated carbocycles. The van der Waals surface area contributed by atoms with Crippen molar-refractivity contribution in [2.75, 3.05) is 37.3 Å². The number of aromatic nitrogens is 3. The first-order chi connectivity index (χ1) is 13.1. The van der Waals surface area contributed by atoms with Crippen LogP contribution in [0.1, 0.15) is 42.6 Å². The highest BCUT2D eigenvalue weighted by Gasteiger charge is 2.35. The quantitative estimate of drug-likeness (QED) is 0.810. The lowest BCUT2D eigenvalue weighted by Crippen LogP contribution is -2.46. The normalized spacial score (nSPS) is 24.0. The first-order valence-electron chi connectivity index (χ1n) is 9.82. The molecule has 2 aromatic heterocycles. The van der Waals surface area contributed by atoms with Crippen molar-refractivity contribution in [2.24, 2.45) is 5.92 Å². The largest absolute Gasteiger partial charge is 0.464 e. The maximum absolute atomic E-state index is 6.10. The van der Waals surface area contributed by atoms with E-state index < -0.39 is 0 Å². The van der Waals surface area contributed by atoms with E-state index in [1.807, 2.05) is 20.0 Å². The van der Waals surface area contributed by atoms with E-state index in [0.717, 1.165) is 18.0 Å². The van der Waals surface area contributed by atoms with Gasteiger partial charge in [-0.3, -0.25) is 4.98 Å². The second-order valence-corrected chi connectivity index (χ2v) is 7.48. The number of nitrogen functional groups attached to an aromatic ring is 1. The summed E-state index contributed by atoms with van der Waals surface area (Å²) >= 11 is 0. The number of nitrogens with two attached hydrogens (primary N) is 1. The summed E-state index contributed by atoms with van der Waals surface area (Å²) in [6.07, 6.45) is 4.59. The van der Waals surface area contributed by atoms with Crippen LogP contribution >= 0.6 is 0 Å². The Kier molecular flexibility index (Phi) is 5.11. The number of anilines is 2. The predicted molar refractivity (Wildman–Crippen MR) is 106 cm³/mol. The Morgan fingerprint density at radius 3 is 2.70 bits per heavy atom. The van der Waals surface area contributed by atoms with Gasteiger partial charge in [0.05, 0.1) is 18.0 Å². The zero-order valence-electron chi connectivity index (χ0n) is 16.1. The second-order valence-electron chi connectivity index (χ2n) is 7.48. The van der Waals surface area contributed by atoms with E-state index in [-0.39, 0.29) is 0 Å². The number of hydrogen-bond acceptors (Lipinski definition) is 7. The third-order valence-corrected chi connectivity index (χ3v) is 5.73. The number of fused-ring (bicyclic) bond motifs is 3. The molecule has 5 heterocycles. The number of nitrogens with zero attached hydrogens (tertiary/aromatic N) is 4. The van der Waals surface area contributed by atoms with E-state index in [2.05, 4.69) is 32.3 Å². The van der Waals surface area contributed by atoms with Gasteiger partial charge in [-0.25, -0.2) is 0 Å². The molecule has 7 nitrogen and oxygen atoms in total. The van der Waals surface area contributed by atoms with Gasteiger partial charge in [-0.2, -0.15) is 9.97 Å². The molecule has 0 aromatic carbocycles. The monoisotopic (exact) mass is 368 g/mol. The summed E-state index contributed by atoms with van der Waals surface area (Å²) in [5.41, 5.74) is 9.70. The van der Waals surface area contributed by atoms with Crippen LogP contribution in [0, 0.1) is 12.8 Å². The molecule has 3 saturated heterocycles. The number of rotatable bonds is 6. The number of nitrogens with one attached hydrogen (secondary N) is 1. The molecule has 3 aliphatic heterocycles. The van der Waals surface area contributed by atoms with Gasteiger partial charge in [0.25, 0.3) is 0 Å². The standard InChI is InChI=1S/C20H28N6O/c1-3-27-20-24-13(2)18(21)19(25-20)23-11-14-4-5-17(22-10-14)16-12-26-8-6-15(16)7-9-26/h4-5,10,15-16H,3,6-9,11-12,21H2,1-2H3,(H,23,24,25). The number of pyridine rings is 1. The lowest BCUT2D eigenvalue weighted by atomic mass is 9.77. The average molecular weight is 368 g/mol. The zero-order chi connectivity index (χ0) is 18.8. The molecule has 1 unspecified atom stereocenters. The summed E-state index contributed by atoms with van der Waals surface area (Å²) in [5.74, 6) is 1.99. The van der Waals surface area contributed by atoms with E-state index in [4.69, 9.17) is 15.5 Å². The van der Waals surface area contributed by atoms with Gasteiger partial charge in [0.1, 0.15) is 0 Å². The Hall–Kier alpha value is -2.41. The SMILES string of the molecule is CCOc1nc(C)c(N)c(NCc2ccc(C3CN4CCC3CC4)nc2)n1. The van der Waals surface area contributed by atoms with Crippen molar-refractivity contribution >= 4 is 11.5 Å². The van der Waals surface area contributed by atoms with Gasteiger partial charge in [-0.15, -0.1) is 0 Å². The number of piperidine rings is 3. The summed E-state index contributed by atoms with van der Waals surface area (Å²) in [4.78, 5) is 15.9. The highest BCUT2D eigenvalue weighted by molar-refractivity contribution is 5.64. The Morgan fingerprint density at radius 1 is 1.26 bits per heavy atom. The van der Waals surface area contributed by atoms with Crippen molar-refractivity contribution in [1.29, 1.82) is 0 Å². The molecule has 5 rings (SSSR count). The van der Waals surface area contributed by atoms with Crippen LogP contribution in [0.5, 0.6) is 6.01 Å². The van der Waals surface area contributed by atoms with Crippen LogP contribution in [0.3, 0.4) is 0 Å². The molecule has 0 spiro atoms. The Bertz CT molecular complexity index is 786. The molecule has 3 aliphatic rings. The molecule has 7 heteroatoms. The molecule has 144 valence electrons. The highest BCUT2D eigenvalue weighted by atomic mass is 16.5. The van der Waals surface area contributed by atoms with Crippen molar-refractivity contribution in [1.82, 2.24) is 19.9 Å². The van der Waals surface area contributed by atoms with E-state index in [0.29, 0.717) is 42.3 Å². The Balaban J connectivity index is 1.42. The Labute approximate surface area is 160 Å². The fourth-order valence-corrected chi connectivity index (χ4v) is 4.13. The zero-order valence-corrected chi connectivity index (χ0v) is 16.1. The highest BCUT2D eigenvalue weighted by Crippen LogP contribution is 2.38. The molecule has 3 N–H and O–H groups in total. The average Bonchev–Trinajstić information content (AvgIpc) is 2.71. The fourth-order valence-electron chi connectivity index (χ4n) is 4.13. The van der Waals surface area contributed by atoms with Crippen LogP contribution in [-0.4, -0.2) is 46.1 Å². The van der Waals surface area contributed by atoms with Crippen molar-refractivity contribution in [2.45, 2.75) is 39.2 Å². The van der Waals surface area contributed by atoms with E-state index in [1.165, 1.54) is 31.6 Å². The predicted octanol–water partition coefficient (Wildman–Crippen LogP) is 2.58. The minimum Gasteiger partial charge on any atom is -0.464 e. The first kappa shape index (κ1) is 18.0.